The van der Waals surface area contributed by atoms with Gasteiger partial charge in [0.1, 0.15) is 0 Å². The molecule has 1 heterocycles. The van der Waals surface area contributed by atoms with Crippen LogP contribution < -0.4 is 5.32 Å². The Morgan fingerprint density at radius 3 is 2.71 bits per heavy atom. The minimum atomic E-state index is 0.270. The fourth-order valence-corrected chi connectivity index (χ4v) is 3.13. The molecule has 3 unspecified atom stereocenters. The highest BCUT2D eigenvalue weighted by Crippen LogP contribution is 2.45. The average Bonchev–Trinajstić information content (AvgIpc) is 2.31. The molecule has 2 heteroatoms. The van der Waals surface area contributed by atoms with Gasteiger partial charge < -0.3 is 5.32 Å². The van der Waals surface area contributed by atoms with Crippen molar-refractivity contribution in [3.8, 4) is 0 Å². The van der Waals surface area contributed by atoms with Crippen molar-refractivity contribution in [3.05, 3.63) is 0 Å². The van der Waals surface area contributed by atoms with Gasteiger partial charge in [-0.2, -0.15) is 0 Å². The summed E-state index contributed by atoms with van der Waals surface area (Å²) in [6.07, 6.45) is 7.23. The highest BCUT2D eigenvalue weighted by Gasteiger charge is 2.44. The van der Waals surface area contributed by atoms with Gasteiger partial charge >= 0.3 is 0 Å². The molecule has 0 radical (unpaired) electrons. The van der Waals surface area contributed by atoms with E-state index in [1.807, 2.05) is 0 Å². The van der Waals surface area contributed by atoms with E-state index in [2.05, 4.69) is 19.2 Å². The molecule has 80 valence electrons. The molecule has 2 nitrogen and oxygen atoms in total. The lowest BCUT2D eigenvalue weighted by molar-refractivity contribution is -0.119. The van der Waals surface area contributed by atoms with Crippen molar-refractivity contribution in [2.24, 2.45) is 11.3 Å². The van der Waals surface area contributed by atoms with Crippen LogP contribution in [-0.4, -0.2) is 11.9 Å². The number of hydrogen-bond donors (Lipinski definition) is 1. The maximum absolute atomic E-state index is 11.4. The van der Waals surface area contributed by atoms with Gasteiger partial charge in [0.25, 0.3) is 0 Å². The van der Waals surface area contributed by atoms with Crippen LogP contribution in [0.4, 0.5) is 0 Å². The van der Waals surface area contributed by atoms with Crippen LogP contribution in [0.15, 0.2) is 0 Å². The first-order valence-corrected chi connectivity index (χ1v) is 5.92. The Hall–Kier alpha value is -0.530. The minimum absolute atomic E-state index is 0.270. The van der Waals surface area contributed by atoms with Crippen LogP contribution in [0.1, 0.15) is 52.4 Å². The monoisotopic (exact) mass is 195 g/mol. The molecule has 2 aliphatic rings. The van der Waals surface area contributed by atoms with Crippen molar-refractivity contribution in [3.63, 3.8) is 0 Å². The molecule has 0 aromatic carbocycles. The molecule has 2 fully saturated rings. The van der Waals surface area contributed by atoms with Gasteiger partial charge in [-0.1, -0.05) is 26.2 Å². The molecule has 1 saturated carbocycles. The first-order chi connectivity index (χ1) is 6.62. The van der Waals surface area contributed by atoms with E-state index in [9.17, 15) is 4.79 Å². The molecule has 0 aromatic rings. The van der Waals surface area contributed by atoms with Gasteiger partial charge in [-0.05, 0) is 31.1 Å². The third-order valence-electron chi connectivity index (χ3n) is 4.32. The Bertz CT molecular complexity index is 238. The summed E-state index contributed by atoms with van der Waals surface area (Å²) < 4.78 is 0. The molecular weight excluding hydrogens is 174 g/mol. The van der Waals surface area contributed by atoms with E-state index in [4.69, 9.17) is 0 Å². The number of amides is 1. The van der Waals surface area contributed by atoms with Gasteiger partial charge in [0, 0.05) is 12.5 Å². The van der Waals surface area contributed by atoms with Crippen molar-refractivity contribution < 1.29 is 4.79 Å². The SMILES string of the molecule is CC1CCCC2(CC1)CC(=O)NC2C. The molecule has 1 aliphatic carbocycles. The highest BCUT2D eigenvalue weighted by molar-refractivity contribution is 5.79. The van der Waals surface area contributed by atoms with Crippen LogP contribution in [0, 0.1) is 11.3 Å². The zero-order valence-electron chi connectivity index (χ0n) is 9.31. The number of nitrogens with one attached hydrogen (secondary N) is 1. The number of rotatable bonds is 0. The predicted molar refractivity (Wildman–Crippen MR) is 56.9 cm³/mol. The predicted octanol–water partition coefficient (Wildman–Crippen LogP) is 2.48. The molecule has 1 spiro atoms. The van der Waals surface area contributed by atoms with Gasteiger partial charge in [-0.25, -0.2) is 0 Å². The summed E-state index contributed by atoms with van der Waals surface area (Å²) in [7, 11) is 0. The first kappa shape index (κ1) is 10.0. The fourth-order valence-electron chi connectivity index (χ4n) is 3.13. The van der Waals surface area contributed by atoms with Crippen molar-refractivity contribution >= 4 is 5.91 Å². The zero-order valence-corrected chi connectivity index (χ0v) is 9.31. The highest BCUT2D eigenvalue weighted by atomic mass is 16.2. The molecule has 1 aliphatic heterocycles. The Labute approximate surface area is 86.5 Å². The third-order valence-corrected chi connectivity index (χ3v) is 4.32. The molecular formula is C12H21NO. The van der Waals surface area contributed by atoms with Crippen LogP contribution in [0.2, 0.25) is 0 Å². The minimum Gasteiger partial charge on any atom is -0.353 e. The van der Waals surface area contributed by atoms with Crippen LogP contribution in [0.5, 0.6) is 0 Å². The van der Waals surface area contributed by atoms with E-state index in [-0.39, 0.29) is 5.91 Å². The smallest absolute Gasteiger partial charge is 0.220 e. The lowest BCUT2D eigenvalue weighted by atomic mass is 9.74. The second-order valence-corrected chi connectivity index (χ2v) is 5.36. The lowest BCUT2D eigenvalue weighted by Crippen LogP contribution is -2.34. The van der Waals surface area contributed by atoms with Crippen molar-refractivity contribution in [1.82, 2.24) is 5.32 Å². The topological polar surface area (TPSA) is 29.1 Å². The fraction of sp³-hybridized carbons (Fsp3) is 0.917. The summed E-state index contributed by atoms with van der Waals surface area (Å²) in [6.45, 7) is 4.52. The molecule has 1 amide bonds. The van der Waals surface area contributed by atoms with E-state index in [0.29, 0.717) is 11.5 Å². The molecule has 1 N–H and O–H groups in total. The molecule has 0 aromatic heterocycles. The lowest BCUT2D eigenvalue weighted by Gasteiger charge is -2.30. The van der Waals surface area contributed by atoms with E-state index >= 15 is 0 Å². The quantitative estimate of drug-likeness (QED) is 0.632. The number of carbonyl (C=O) groups is 1. The van der Waals surface area contributed by atoms with E-state index < -0.39 is 0 Å². The Morgan fingerprint density at radius 1 is 1.29 bits per heavy atom. The summed E-state index contributed by atoms with van der Waals surface area (Å²) in [5, 5.41) is 3.08. The van der Waals surface area contributed by atoms with Crippen molar-refractivity contribution in [2.75, 3.05) is 0 Å². The maximum atomic E-state index is 11.4. The second kappa shape index (κ2) is 3.56. The first-order valence-electron chi connectivity index (χ1n) is 5.92. The van der Waals surface area contributed by atoms with E-state index in [1.165, 1.54) is 32.1 Å². The second-order valence-electron chi connectivity index (χ2n) is 5.36. The molecule has 2 rings (SSSR count). The summed E-state index contributed by atoms with van der Waals surface area (Å²) >= 11 is 0. The summed E-state index contributed by atoms with van der Waals surface area (Å²) in [6, 6.07) is 0.403. The average molecular weight is 195 g/mol. The summed E-state index contributed by atoms with van der Waals surface area (Å²) in [4.78, 5) is 11.4. The van der Waals surface area contributed by atoms with Gasteiger partial charge in [0.15, 0.2) is 0 Å². The normalized spacial score (nSPS) is 43.7. The van der Waals surface area contributed by atoms with Crippen LogP contribution in [0.25, 0.3) is 0 Å². The molecule has 0 bridgehead atoms. The van der Waals surface area contributed by atoms with Gasteiger partial charge in [-0.3, -0.25) is 4.79 Å². The Morgan fingerprint density at radius 2 is 2.07 bits per heavy atom. The standard InChI is InChI=1S/C12H21NO/c1-9-4-3-6-12(7-5-9)8-11(14)13-10(12)2/h9-10H,3-8H2,1-2H3,(H,13,14). The largest absolute Gasteiger partial charge is 0.353 e. The van der Waals surface area contributed by atoms with Crippen LogP contribution in [-0.2, 0) is 4.79 Å². The maximum Gasteiger partial charge on any atom is 0.220 e. The van der Waals surface area contributed by atoms with Crippen molar-refractivity contribution in [2.45, 2.75) is 58.4 Å². The van der Waals surface area contributed by atoms with Crippen molar-refractivity contribution in [1.29, 1.82) is 0 Å². The van der Waals surface area contributed by atoms with E-state index in [0.717, 1.165) is 12.3 Å². The Balaban J connectivity index is 2.10. The van der Waals surface area contributed by atoms with Crippen LogP contribution >= 0.6 is 0 Å². The van der Waals surface area contributed by atoms with Gasteiger partial charge in [-0.15, -0.1) is 0 Å². The number of hydrogen-bond acceptors (Lipinski definition) is 1. The molecule has 3 atom stereocenters. The third kappa shape index (κ3) is 1.67. The molecule has 1 saturated heterocycles. The Kier molecular flexibility index (Phi) is 2.54. The summed E-state index contributed by atoms with van der Waals surface area (Å²) in [5.74, 6) is 1.13. The summed E-state index contributed by atoms with van der Waals surface area (Å²) in [5.41, 5.74) is 0.307. The zero-order chi connectivity index (χ0) is 10.2. The molecule has 14 heavy (non-hydrogen) atoms. The van der Waals surface area contributed by atoms with Gasteiger partial charge in [0.05, 0.1) is 0 Å². The number of carbonyl (C=O) groups excluding carboxylic acids is 1. The van der Waals surface area contributed by atoms with E-state index in [1.54, 1.807) is 0 Å². The van der Waals surface area contributed by atoms with Crippen LogP contribution in [0.3, 0.4) is 0 Å². The van der Waals surface area contributed by atoms with Gasteiger partial charge in [0.2, 0.25) is 5.91 Å².